The third-order valence-corrected chi connectivity index (χ3v) is 3.98. The van der Waals surface area contributed by atoms with Crippen LogP contribution in [0.2, 0.25) is 0 Å². The Balaban J connectivity index is 2.15. The van der Waals surface area contributed by atoms with Gasteiger partial charge in [0.05, 0.1) is 6.04 Å². The van der Waals surface area contributed by atoms with Crippen LogP contribution in [0.15, 0.2) is 35.8 Å². The van der Waals surface area contributed by atoms with E-state index in [1.165, 1.54) is 16.5 Å². The fourth-order valence-corrected chi connectivity index (χ4v) is 2.99. The van der Waals surface area contributed by atoms with E-state index in [0.717, 1.165) is 5.56 Å². The summed E-state index contributed by atoms with van der Waals surface area (Å²) in [5, 5.41) is 5.38. The van der Waals surface area contributed by atoms with E-state index in [0.29, 0.717) is 5.56 Å². The minimum Gasteiger partial charge on any atom is -0.380 e. The highest BCUT2D eigenvalue weighted by Gasteiger charge is 2.22. The second-order valence-electron chi connectivity index (χ2n) is 4.11. The minimum absolute atomic E-state index is 0.0666. The Morgan fingerprint density at radius 3 is 2.88 bits per heavy atom. The van der Waals surface area contributed by atoms with Crippen LogP contribution in [0.3, 0.4) is 0 Å². The summed E-state index contributed by atoms with van der Waals surface area (Å²) in [4.78, 5) is 1.27. The summed E-state index contributed by atoms with van der Waals surface area (Å²) in [5.41, 5.74) is 2.93. The number of aryl methyl sites for hydroxylation is 1. The Bertz CT molecular complexity index is 586. The summed E-state index contributed by atoms with van der Waals surface area (Å²) in [7, 11) is 0. The first-order valence-corrected chi connectivity index (χ1v) is 6.40. The van der Waals surface area contributed by atoms with Gasteiger partial charge in [-0.25, -0.2) is 4.39 Å². The lowest BCUT2D eigenvalue weighted by Crippen LogP contribution is -2.21. The molecular formula is C14H12FNS. The maximum Gasteiger partial charge on any atom is 0.130 e. The Kier molecular flexibility index (Phi) is 2.48. The molecule has 0 aliphatic carbocycles. The van der Waals surface area contributed by atoms with Crippen molar-refractivity contribution in [3.8, 4) is 0 Å². The quantitative estimate of drug-likeness (QED) is 0.804. The first-order valence-electron chi connectivity index (χ1n) is 5.52. The van der Waals surface area contributed by atoms with Crippen molar-refractivity contribution >= 4 is 17.4 Å². The van der Waals surface area contributed by atoms with E-state index in [-0.39, 0.29) is 11.9 Å². The number of hydrogen-bond donors (Lipinski definition) is 1. The third-order valence-electron chi connectivity index (χ3n) is 3.12. The van der Waals surface area contributed by atoms with Crippen LogP contribution in [0.1, 0.15) is 27.6 Å². The lowest BCUT2D eigenvalue weighted by Gasteiger charge is -2.24. The molecule has 1 unspecified atom stereocenters. The molecule has 1 atom stereocenters. The molecule has 86 valence electrons. The van der Waals surface area contributed by atoms with Crippen LogP contribution < -0.4 is 5.32 Å². The fourth-order valence-electron chi connectivity index (χ4n) is 2.25. The normalized spacial score (nSPS) is 17.6. The van der Waals surface area contributed by atoms with Gasteiger partial charge in [0.2, 0.25) is 0 Å². The Morgan fingerprint density at radius 1 is 1.24 bits per heavy atom. The van der Waals surface area contributed by atoms with Crippen molar-refractivity contribution in [2.24, 2.45) is 0 Å². The molecule has 3 heteroatoms. The lowest BCUT2D eigenvalue weighted by molar-refractivity contribution is 0.612. The zero-order valence-electron chi connectivity index (χ0n) is 9.41. The first kappa shape index (κ1) is 10.5. The smallest absolute Gasteiger partial charge is 0.130 e. The summed E-state index contributed by atoms with van der Waals surface area (Å²) in [6.07, 6.45) is 3.62. The van der Waals surface area contributed by atoms with E-state index >= 15 is 0 Å². The second-order valence-corrected chi connectivity index (χ2v) is 5.23. The van der Waals surface area contributed by atoms with Gasteiger partial charge in [-0.1, -0.05) is 12.1 Å². The van der Waals surface area contributed by atoms with Gasteiger partial charge >= 0.3 is 0 Å². The summed E-state index contributed by atoms with van der Waals surface area (Å²) in [6.45, 7) is 2.10. The fraction of sp³-hybridized carbons (Fsp3) is 0.143. The molecule has 1 aromatic carbocycles. The standard InChI is InChI=1S/C14H12FNS/c1-9-10(6-8-17-9)14-12-3-2-4-13(15)11(12)5-7-16-14/h2-8,14,16H,1H3. The van der Waals surface area contributed by atoms with Crippen LogP contribution in [0, 0.1) is 12.7 Å². The molecule has 3 rings (SSSR count). The topological polar surface area (TPSA) is 12.0 Å². The summed E-state index contributed by atoms with van der Waals surface area (Å²) >= 11 is 1.72. The van der Waals surface area contributed by atoms with Gasteiger partial charge < -0.3 is 5.32 Å². The van der Waals surface area contributed by atoms with Gasteiger partial charge in [-0.3, -0.25) is 0 Å². The molecule has 1 aliphatic heterocycles. The molecule has 0 bridgehead atoms. The van der Waals surface area contributed by atoms with Crippen molar-refractivity contribution in [3.05, 3.63) is 63.2 Å². The van der Waals surface area contributed by atoms with Crippen LogP contribution >= 0.6 is 11.3 Å². The van der Waals surface area contributed by atoms with Gasteiger partial charge in [0, 0.05) is 10.4 Å². The van der Waals surface area contributed by atoms with Crippen LogP contribution in [0.5, 0.6) is 0 Å². The predicted molar refractivity (Wildman–Crippen MR) is 69.5 cm³/mol. The molecule has 1 aromatic heterocycles. The molecule has 0 spiro atoms. The highest BCUT2D eigenvalue weighted by Crippen LogP contribution is 2.33. The minimum atomic E-state index is -0.155. The number of thiophene rings is 1. The predicted octanol–water partition coefficient (Wildman–Crippen LogP) is 3.86. The molecule has 1 N–H and O–H groups in total. The molecule has 2 aromatic rings. The van der Waals surface area contributed by atoms with Crippen molar-refractivity contribution in [3.63, 3.8) is 0 Å². The Hall–Kier alpha value is -1.61. The van der Waals surface area contributed by atoms with Crippen LogP contribution in [-0.4, -0.2) is 0 Å². The van der Waals surface area contributed by atoms with Gasteiger partial charge in [-0.15, -0.1) is 11.3 Å². The Labute approximate surface area is 104 Å². The summed E-state index contributed by atoms with van der Waals surface area (Å²) in [5.74, 6) is -0.155. The molecule has 1 nitrogen and oxygen atoms in total. The van der Waals surface area contributed by atoms with Gasteiger partial charge in [0.25, 0.3) is 0 Å². The van der Waals surface area contributed by atoms with Crippen molar-refractivity contribution in [1.29, 1.82) is 0 Å². The van der Waals surface area contributed by atoms with Gasteiger partial charge in [0.1, 0.15) is 5.82 Å². The summed E-state index contributed by atoms with van der Waals surface area (Å²) < 4.78 is 13.7. The zero-order valence-corrected chi connectivity index (χ0v) is 10.2. The molecule has 0 amide bonds. The number of rotatable bonds is 1. The first-order chi connectivity index (χ1) is 8.27. The van der Waals surface area contributed by atoms with Gasteiger partial charge in [0.15, 0.2) is 0 Å². The average Bonchev–Trinajstić information content (AvgIpc) is 2.75. The number of halogens is 1. The van der Waals surface area contributed by atoms with E-state index in [2.05, 4.69) is 23.7 Å². The molecule has 17 heavy (non-hydrogen) atoms. The van der Waals surface area contributed by atoms with Crippen LogP contribution in [0.4, 0.5) is 4.39 Å². The molecule has 2 heterocycles. The van der Waals surface area contributed by atoms with E-state index < -0.39 is 0 Å². The molecule has 0 radical (unpaired) electrons. The van der Waals surface area contributed by atoms with E-state index in [4.69, 9.17) is 0 Å². The van der Waals surface area contributed by atoms with E-state index in [1.54, 1.807) is 23.5 Å². The number of nitrogens with one attached hydrogen (secondary N) is 1. The second kappa shape index (κ2) is 4.00. The largest absolute Gasteiger partial charge is 0.380 e. The van der Waals surface area contributed by atoms with Gasteiger partial charge in [-0.2, -0.15) is 0 Å². The zero-order chi connectivity index (χ0) is 11.8. The average molecular weight is 245 g/mol. The maximum absolute atomic E-state index is 13.7. The van der Waals surface area contributed by atoms with Crippen molar-refractivity contribution in [2.45, 2.75) is 13.0 Å². The molecular weight excluding hydrogens is 233 g/mol. The highest BCUT2D eigenvalue weighted by atomic mass is 32.1. The Morgan fingerprint density at radius 2 is 2.12 bits per heavy atom. The number of benzene rings is 1. The van der Waals surface area contributed by atoms with E-state index in [1.807, 2.05) is 12.3 Å². The molecule has 0 saturated heterocycles. The monoisotopic (exact) mass is 245 g/mol. The SMILES string of the molecule is Cc1sccc1C1NC=Cc2c(F)cccc21. The van der Waals surface area contributed by atoms with Crippen LogP contribution in [-0.2, 0) is 0 Å². The molecule has 1 aliphatic rings. The maximum atomic E-state index is 13.7. The van der Waals surface area contributed by atoms with Gasteiger partial charge in [-0.05, 0) is 47.8 Å². The van der Waals surface area contributed by atoms with Crippen LogP contribution in [0.25, 0.3) is 6.08 Å². The number of hydrogen-bond acceptors (Lipinski definition) is 2. The van der Waals surface area contributed by atoms with Crippen molar-refractivity contribution < 1.29 is 4.39 Å². The van der Waals surface area contributed by atoms with Crippen molar-refractivity contribution in [2.75, 3.05) is 0 Å². The summed E-state index contributed by atoms with van der Waals surface area (Å²) in [6, 6.07) is 7.43. The number of fused-ring (bicyclic) bond motifs is 1. The molecule has 0 saturated carbocycles. The lowest BCUT2D eigenvalue weighted by atomic mass is 9.92. The highest BCUT2D eigenvalue weighted by molar-refractivity contribution is 7.10. The molecule has 0 fully saturated rings. The van der Waals surface area contributed by atoms with E-state index in [9.17, 15) is 4.39 Å². The van der Waals surface area contributed by atoms with Crippen molar-refractivity contribution in [1.82, 2.24) is 5.32 Å². The third kappa shape index (κ3) is 1.67.